The van der Waals surface area contributed by atoms with E-state index in [1.165, 1.54) is 49.9 Å². The quantitative estimate of drug-likeness (QED) is 0.149. The number of halogens is 2. The van der Waals surface area contributed by atoms with Gasteiger partial charge in [-0.15, -0.1) is 0 Å². The highest BCUT2D eigenvalue weighted by Gasteiger charge is 2.75. The molecule has 14 heteroatoms. The maximum absolute atomic E-state index is 16.2. The molecule has 4 aliphatic heterocycles. The standard InChI is InChI=1S/C54H52F2N2O10/c55-45-31(23-41(61)65-37-11-7-29-21-39-53(63)15-13-35(59)49-51(53,43(29)47(37)67-49)17-19-57(39)25-27-1-2-27)5-9-34-33(45)10-6-32(46(34)56)24-42(62)66-38-12-8-30-22-40-54(64)16-14-36(60)50-52(54,44(30)48(38)68-50)18-20-58(40)26-28-3-4-28/h5-12,27-28,39-40,49-50,63-64H,1-4,13-26H2/t39-,40-,49+,50+,51+,52?,53-,54-/m1/s1. The van der Waals surface area contributed by atoms with E-state index in [4.69, 9.17) is 18.9 Å². The summed E-state index contributed by atoms with van der Waals surface area (Å²) in [5, 5.41) is 25.0. The number of hydrogen-bond acceptors (Lipinski definition) is 12. The summed E-state index contributed by atoms with van der Waals surface area (Å²) in [6, 6.07) is 12.2. The van der Waals surface area contributed by atoms with E-state index in [1.54, 1.807) is 12.1 Å². The van der Waals surface area contributed by atoms with Gasteiger partial charge in [0.15, 0.2) is 46.8 Å². The van der Waals surface area contributed by atoms with Gasteiger partial charge in [-0.05, 0) is 124 Å². The van der Waals surface area contributed by atoms with Gasteiger partial charge in [0.25, 0.3) is 0 Å². The summed E-state index contributed by atoms with van der Waals surface area (Å²) in [7, 11) is 0. The fourth-order valence-corrected chi connectivity index (χ4v) is 15.0. The molecule has 352 valence electrons. The second-order valence-corrected chi connectivity index (χ2v) is 21.9. The van der Waals surface area contributed by atoms with Crippen LogP contribution in [-0.2, 0) is 55.7 Å². The third kappa shape index (κ3) is 5.48. The van der Waals surface area contributed by atoms with Crippen molar-refractivity contribution >= 4 is 34.3 Å². The molecular weight excluding hydrogens is 875 g/mol. The number of ketones is 2. The van der Waals surface area contributed by atoms with Gasteiger partial charge in [-0.2, -0.15) is 0 Å². The van der Waals surface area contributed by atoms with Gasteiger partial charge >= 0.3 is 11.9 Å². The monoisotopic (exact) mass is 926 g/mol. The molecule has 0 amide bonds. The fraction of sp³-hybridized carbons (Fsp3) is 0.519. The van der Waals surface area contributed by atoms with E-state index in [0.29, 0.717) is 50.4 Å². The number of likely N-dealkylation sites (tertiary alicyclic amines) is 2. The van der Waals surface area contributed by atoms with E-state index >= 15 is 8.78 Å². The average Bonchev–Trinajstić information content (AvgIpc) is 4.25. The maximum Gasteiger partial charge on any atom is 0.315 e. The van der Waals surface area contributed by atoms with Gasteiger partial charge in [0.1, 0.15) is 11.6 Å². The van der Waals surface area contributed by atoms with Crippen molar-refractivity contribution < 1.29 is 57.1 Å². The molecular formula is C54H52F2N2O10. The highest BCUT2D eigenvalue weighted by Crippen LogP contribution is 2.67. The number of esters is 2. The van der Waals surface area contributed by atoms with Crippen molar-refractivity contribution in [2.45, 2.75) is 136 Å². The second kappa shape index (κ2) is 14.2. The number of fused-ring (bicyclic) bond motifs is 1. The molecule has 12 nitrogen and oxygen atoms in total. The summed E-state index contributed by atoms with van der Waals surface area (Å²) in [5.74, 6) is -1.28. The van der Waals surface area contributed by atoms with Crippen LogP contribution in [0.5, 0.6) is 23.0 Å². The molecule has 2 spiro atoms. The number of hydrogen-bond donors (Lipinski definition) is 2. The molecule has 2 N–H and O–H groups in total. The summed E-state index contributed by atoms with van der Waals surface area (Å²) in [6.07, 6.45) is 5.38. The maximum atomic E-state index is 16.2. The van der Waals surface area contributed by atoms with Gasteiger partial charge in [0, 0.05) is 59.9 Å². The predicted octanol–water partition coefficient (Wildman–Crippen LogP) is 5.68. The van der Waals surface area contributed by atoms with E-state index in [1.807, 2.05) is 12.1 Å². The molecule has 0 aromatic heterocycles. The van der Waals surface area contributed by atoms with E-state index < -0.39 is 70.7 Å². The highest BCUT2D eigenvalue weighted by molar-refractivity contribution is 5.92. The van der Waals surface area contributed by atoms with Crippen LogP contribution in [0.1, 0.15) is 97.6 Å². The Kier molecular flexibility index (Phi) is 8.68. The number of benzene rings is 4. The van der Waals surface area contributed by atoms with E-state index in [2.05, 4.69) is 9.80 Å². The topological polar surface area (TPSA) is 152 Å². The van der Waals surface area contributed by atoms with Crippen LogP contribution in [0, 0.1) is 23.5 Å². The molecule has 1 unspecified atom stereocenters. The Morgan fingerprint density at radius 3 is 1.46 bits per heavy atom. The molecule has 4 saturated carbocycles. The first-order valence-corrected chi connectivity index (χ1v) is 24.8. The van der Waals surface area contributed by atoms with E-state index in [9.17, 15) is 29.4 Å². The van der Waals surface area contributed by atoms with Crippen LogP contribution in [0.25, 0.3) is 10.8 Å². The van der Waals surface area contributed by atoms with Crippen LogP contribution < -0.4 is 18.9 Å². The zero-order valence-electron chi connectivity index (χ0n) is 37.6. The Morgan fingerprint density at radius 1 is 0.618 bits per heavy atom. The summed E-state index contributed by atoms with van der Waals surface area (Å²) < 4.78 is 57.1. The Labute approximate surface area is 390 Å². The Balaban J connectivity index is 0.696. The van der Waals surface area contributed by atoms with Crippen LogP contribution in [-0.4, -0.2) is 105 Å². The Hall–Kier alpha value is -5.28. The fourth-order valence-electron chi connectivity index (χ4n) is 15.0. The number of Topliss-reactive ketones (excluding diaryl/α,β-unsaturated/α-hetero) is 2. The number of aliphatic hydroxyl groups is 2. The largest absolute Gasteiger partial charge is 0.477 e. The lowest BCUT2D eigenvalue weighted by molar-refractivity contribution is -0.188. The van der Waals surface area contributed by atoms with Gasteiger partial charge in [-0.1, -0.05) is 36.4 Å². The van der Waals surface area contributed by atoms with Crippen molar-refractivity contribution in [1.29, 1.82) is 0 Å². The second-order valence-electron chi connectivity index (χ2n) is 21.9. The lowest BCUT2D eigenvalue weighted by atomic mass is 9.49. The molecule has 2 saturated heterocycles. The number of rotatable bonds is 10. The molecule has 4 bridgehead atoms. The smallest absolute Gasteiger partial charge is 0.315 e. The Bertz CT molecular complexity index is 2770. The van der Waals surface area contributed by atoms with Gasteiger partial charge in [-0.25, -0.2) is 8.78 Å². The zero-order valence-corrected chi connectivity index (χ0v) is 37.6. The van der Waals surface area contributed by atoms with Crippen molar-refractivity contribution in [1.82, 2.24) is 9.80 Å². The first-order chi connectivity index (χ1) is 32.8. The lowest BCUT2D eigenvalue weighted by Crippen LogP contribution is -2.76. The van der Waals surface area contributed by atoms with Crippen LogP contribution in [0.3, 0.4) is 0 Å². The molecule has 4 aromatic rings. The molecule has 6 aliphatic carbocycles. The highest BCUT2D eigenvalue weighted by atomic mass is 19.1. The normalized spacial score (nSPS) is 33.7. The van der Waals surface area contributed by atoms with Crippen LogP contribution in [0.4, 0.5) is 8.78 Å². The number of nitrogens with zero attached hydrogens (tertiary/aromatic N) is 2. The number of carbonyl (C=O) groups excluding carboxylic acids is 4. The third-order valence-corrected chi connectivity index (χ3v) is 18.4. The first-order valence-electron chi connectivity index (χ1n) is 24.8. The Morgan fingerprint density at radius 2 is 1.04 bits per heavy atom. The number of carbonyl (C=O) groups is 4. The molecule has 14 rings (SSSR count). The third-order valence-electron chi connectivity index (χ3n) is 18.4. The molecule has 0 radical (unpaired) electrons. The number of ether oxygens (including phenoxy) is 4. The summed E-state index contributed by atoms with van der Waals surface area (Å²) >= 11 is 0. The molecule has 8 atom stereocenters. The summed E-state index contributed by atoms with van der Waals surface area (Å²) in [6.45, 7) is 3.33. The predicted molar refractivity (Wildman–Crippen MR) is 239 cm³/mol. The lowest BCUT2D eigenvalue weighted by Gasteiger charge is -2.62. The van der Waals surface area contributed by atoms with Gasteiger partial charge in [-0.3, -0.25) is 29.0 Å². The summed E-state index contributed by atoms with van der Waals surface area (Å²) in [5.41, 5.74) is -0.854. The molecule has 10 aliphatic rings. The van der Waals surface area contributed by atoms with Crippen molar-refractivity contribution in [3.63, 3.8) is 0 Å². The van der Waals surface area contributed by atoms with Crippen LogP contribution in [0.2, 0.25) is 0 Å². The molecule has 4 heterocycles. The van der Waals surface area contributed by atoms with Crippen molar-refractivity contribution in [2.75, 3.05) is 26.2 Å². The SMILES string of the molecule is O=C(Cc1ccc2c(F)c(CC(=O)Oc3ccc4c5c3O[C@H]3C(=O)CC[C@@]6(O)[C@@H](C4)N(CC4CC4)CC[C@]536)ccc2c1F)Oc1ccc2c3c1O[C@H]1C(=O)CC[C@@]4(O)[C@@H](C2)N(CC2CC2)CCC314. The average molecular weight is 927 g/mol. The molecule has 6 fully saturated rings. The van der Waals surface area contributed by atoms with Crippen LogP contribution in [0.15, 0.2) is 48.5 Å². The van der Waals surface area contributed by atoms with Gasteiger partial charge in [0.05, 0.1) is 34.9 Å². The summed E-state index contributed by atoms with van der Waals surface area (Å²) in [4.78, 5) is 59.1. The van der Waals surface area contributed by atoms with Crippen molar-refractivity contribution in [3.8, 4) is 23.0 Å². The molecule has 4 aromatic carbocycles. The minimum atomic E-state index is -1.18. The van der Waals surface area contributed by atoms with Crippen molar-refractivity contribution in [3.05, 3.63) is 93.5 Å². The van der Waals surface area contributed by atoms with Gasteiger partial charge < -0.3 is 29.2 Å². The first kappa shape index (κ1) is 41.7. The minimum Gasteiger partial charge on any atom is -0.477 e. The van der Waals surface area contributed by atoms with E-state index in [0.717, 1.165) is 48.4 Å². The van der Waals surface area contributed by atoms with E-state index in [-0.39, 0.29) is 81.4 Å². The zero-order chi connectivity index (χ0) is 46.2. The molecule has 68 heavy (non-hydrogen) atoms. The van der Waals surface area contributed by atoms with Gasteiger partial charge in [0.2, 0.25) is 0 Å². The van der Waals surface area contributed by atoms with Crippen molar-refractivity contribution in [2.24, 2.45) is 11.8 Å². The number of piperidine rings is 2. The minimum absolute atomic E-state index is 0.0252. The van der Waals surface area contributed by atoms with Crippen LogP contribution >= 0.6 is 0 Å².